The van der Waals surface area contributed by atoms with Gasteiger partial charge in [-0.3, -0.25) is 4.79 Å². The van der Waals surface area contributed by atoms with Crippen LogP contribution >= 0.6 is 0 Å². The Morgan fingerprint density at radius 3 is 1.88 bits per heavy atom. The van der Waals surface area contributed by atoms with Crippen LogP contribution < -0.4 is 10.6 Å². The van der Waals surface area contributed by atoms with E-state index in [1.165, 1.54) is 11.4 Å². The van der Waals surface area contributed by atoms with E-state index >= 15 is 0 Å². The van der Waals surface area contributed by atoms with E-state index in [2.05, 4.69) is 27.5 Å². The second-order valence-electron chi connectivity index (χ2n) is 4.73. The Kier molecular flexibility index (Phi) is 4.82. The smallest absolute Gasteiger partial charge is 0.293 e. The number of anilines is 2. The first-order valence-corrected chi connectivity index (χ1v) is 5.71. The Bertz CT molecular complexity index is 334. The molecule has 1 aliphatic heterocycles. The fraction of sp³-hybridized carbons (Fsp3) is 0.462. The van der Waals surface area contributed by atoms with Crippen molar-refractivity contribution in [1.82, 2.24) is 0 Å². The molecule has 0 unspecified atom stereocenters. The largest absolute Gasteiger partial charge is 0.462 e. The van der Waals surface area contributed by atoms with E-state index in [9.17, 15) is 4.79 Å². The molecule has 0 aromatic heterocycles. The van der Waals surface area contributed by atoms with Gasteiger partial charge in [0.2, 0.25) is 0 Å². The standard InChI is InChI=1S/C8H10N2.C5H10O2/c1-2-4-8-7(3-1)9-5-6-10-8;1-5(2,3)7-4-6/h1-4,9-10H,5-6H2;4H,1-3H3. The fourth-order valence-electron chi connectivity index (χ4n) is 1.33. The van der Waals surface area contributed by atoms with Crippen molar-refractivity contribution in [2.45, 2.75) is 26.4 Å². The molecule has 2 rings (SSSR count). The number of nitrogens with one attached hydrogen (secondary N) is 2. The molecule has 4 heteroatoms. The maximum absolute atomic E-state index is 9.60. The summed E-state index contributed by atoms with van der Waals surface area (Å²) in [5.41, 5.74) is 2.12. The van der Waals surface area contributed by atoms with Gasteiger partial charge in [0.25, 0.3) is 6.47 Å². The molecular formula is C13H20N2O2. The molecule has 0 bridgehead atoms. The molecule has 94 valence electrons. The van der Waals surface area contributed by atoms with Crippen molar-refractivity contribution in [3.05, 3.63) is 24.3 Å². The van der Waals surface area contributed by atoms with Crippen molar-refractivity contribution in [2.75, 3.05) is 23.7 Å². The number of rotatable bonds is 1. The predicted octanol–water partition coefficient (Wildman–Crippen LogP) is 2.48. The highest BCUT2D eigenvalue weighted by molar-refractivity contribution is 5.70. The summed E-state index contributed by atoms with van der Waals surface area (Å²) in [5.74, 6) is 0. The molecule has 1 aliphatic rings. The Morgan fingerprint density at radius 1 is 1.12 bits per heavy atom. The molecule has 0 atom stereocenters. The molecule has 0 fully saturated rings. The normalized spacial score (nSPS) is 13.1. The lowest BCUT2D eigenvalue weighted by Gasteiger charge is -2.18. The van der Waals surface area contributed by atoms with Crippen LogP contribution in [0.3, 0.4) is 0 Å². The van der Waals surface area contributed by atoms with E-state index in [4.69, 9.17) is 0 Å². The summed E-state index contributed by atoms with van der Waals surface area (Å²) in [4.78, 5) is 9.60. The third kappa shape index (κ3) is 5.24. The van der Waals surface area contributed by atoms with Crippen LogP contribution in [0.1, 0.15) is 20.8 Å². The highest BCUT2D eigenvalue weighted by Crippen LogP contribution is 2.22. The number of para-hydroxylation sites is 2. The molecule has 0 saturated heterocycles. The van der Waals surface area contributed by atoms with Crippen molar-refractivity contribution in [2.24, 2.45) is 0 Å². The summed E-state index contributed by atoms with van der Waals surface area (Å²) in [5, 5.41) is 6.60. The second kappa shape index (κ2) is 6.13. The van der Waals surface area contributed by atoms with Gasteiger partial charge in [-0.2, -0.15) is 0 Å². The summed E-state index contributed by atoms with van der Waals surface area (Å²) in [6, 6.07) is 8.25. The van der Waals surface area contributed by atoms with Crippen molar-refractivity contribution >= 4 is 17.8 Å². The molecule has 0 spiro atoms. The Hall–Kier alpha value is -1.71. The van der Waals surface area contributed by atoms with Gasteiger partial charge in [-0.25, -0.2) is 0 Å². The van der Waals surface area contributed by atoms with Crippen molar-refractivity contribution < 1.29 is 9.53 Å². The minimum Gasteiger partial charge on any atom is -0.462 e. The van der Waals surface area contributed by atoms with Gasteiger partial charge in [0.1, 0.15) is 5.60 Å². The Morgan fingerprint density at radius 2 is 1.59 bits per heavy atom. The van der Waals surface area contributed by atoms with Crippen LogP contribution in [-0.4, -0.2) is 25.2 Å². The van der Waals surface area contributed by atoms with Gasteiger partial charge in [0.05, 0.1) is 11.4 Å². The van der Waals surface area contributed by atoms with Gasteiger partial charge >= 0.3 is 0 Å². The van der Waals surface area contributed by atoms with Crippen LogP contribution in [0.5, 0.6) is 0 Å². The zero-order valence-electron chi connectivity index (χ0n) is 10.6. The van der Waals surface area contributed by atoms with Gasteiger partial charge in [-0.1, -0.05) is 12.1 Å². The number of carbonyl (C=O) groups excluding carboxylic acids is 1. The van der Waals surface area contributed by atoms with Gasteiger partial charge in [0, 0.05) is 13.1 Å². The van der Waals surface area contributed by atoms with Crippen LogP contribution in [0, 0.1) is 0 Å². The second-order valence-corrected chi connectivity index (χ2v) is 4.73. The summed E-state index contributed by atoms with van der Waals surface area (Å²) in [7, 11) is 0. The number of hydrogen-bond acceptors (Lipinski definition) is 4. The molecular weight excluding hydrogens is 216 g/mol. The lowest BCUT2D eigenvalue weighted by atomic mass is 10.2. The first-order chi connectivity index (χ1) is 8.03. The maximum Gasteiger partial charge on any atom is 0.293 e. The first-order valence-electron chi connectivity index (χ1n) is 5.71. The minimum absolute atomic E-state index is 0.318. The Labute approximate surface area is 102 Å². The van der Waals surface area contributed by atoms with E-state index in [0.717, 1.165) is 13.1 Å². The van der Waals surface area contributed by atoms with Gasteiger partial charge in [0.15, 0.2) is 0 Å². The molecule has 0 saturated carbocycles. The van der Waals surface area contributed by atoms with Crippen molar-refractivity contribution in [3.8, 4) is 0 Å². The molecule has 17 heavy (non-hydrogen) atoms. The molecule has 0 aliphatic carbocycles. The first kappa shape index (κ1) is 13.4. The van der Waals surface area contributed by atoms with E-state index in [1.54, 1.807) is 0 Å². The lowest BCUT2D eigenvalue weighted by molar-refractivity contribution is -0.138. The van der Waals surface area contributed by atoms with E-state index in [0.29, 0.717) is 6.47 Å². The number of fused-ring (bicyclic) bond motifs is 1. The molecule has 1 aromatic rings. The maximum atomic E-state index is 9.60. The molecule has 0 amide bonds. The predicted molar refractivity (Wildman–Crippen MR) is 70.3 cm³/mol. The zero-order chi connectivity index (χ0) is 12.7. The van der Waals surface area contributed by atoms with Crippen LogP contribution in [0.2, 0.25) is 0 Å². The van der Waals surface area contributed by atoms with E-state index in [1.807, 2.05) is 32.9 Å². The average molecular weight is 236 g/mol. The molecule has 1 heterocycles. The SMILES string of the molecule is CC(C)(C)OC=O.c1ccc2c(c1)NCCN2. The summed E-state index contributed by atoms with van der Waals surface area (Å²) < 4.78 is 4.55. The summed E-state index contributed by atoms with van der Waals surface area (Å²) in [6.07, 6.45) is 0. The van der Waals surface area contributed by atoms with E-state index in [-0.39, 0.29) is 5.60 Å². The quantitative estimate of drug-likeness (QED) is 0.735. The molecule has 0 radical (unpaired) electrons. The molecule has 2 N–H and O–H groups in total. The summed E-state index contributed by atoms with van der Waals surface area (Å²) >= 11 is 0. The number of hydrogen-bond donors (Lipinski definition) is 2. The van der Waals surface area contributed by atoms with Crippen molar-refractivity contribution in [3.63, 3.8) is 0 Å². The van der Waals surface area contributed by atoms with Crippen molar-refractivity contribution in [1.29, 1.82) is 0 Å². The fourth-order valence-corrected chi connectivity index (χ4v) is 1.33. The van der Waals surface area contributed by atoms with Crippen LogP contribution in [0.25, 0.3) is 0 Å². The molecule has 1 aromatic carbocycles. The molecule has 4 nitrogen and oxygen atoms in total. The third-order valence-corrected chi connectivity index (χ3v) is 2.08. The number of carbonyl (C=O) groups is 1. The number of ether oxygens (including phenoxy) is 1. The highest BCUT2D eigenvalue weighted by Gasteiger charge is 2.07. The summed E-state index contributed by atoms with van der Waals surface area (Å²) in [6.45, 7) is 7.97. The monoisotopic (exact) mass is 236 g/mol. The topological polar surface area (TPSA) is 50.4 Å². The zero-order valence-corrected chi connectivity index (χ0v) is 10.6. The average Bonchev–Trinajstić information content (AvgIpc) is 2.28. The van der Waals surface area contributed by atoms with Gasteiger partial charge < -0.3 is 15.4 Å². The van der Waals surface area contributed by atoms with Crippen LogP contribution in [0.15, 0.2) is 24.3 Å². The van der Waals surface area contributed by atoms with Gasteiger partial charge in [-0.05, 0) is 32.9 Å². The minimum atomic E-state index is -0.318. The lowest BCUT2D eigenvalue weighted by Crippen LogP contribution is -2.19. The van der Waals surface area contributed by atoms with Gasteiger partial charge in [-0.15, -0.1) is 0 Å². The third-order valence-electron chi connectivity index (χ3n) is 2.08. The van der Waals surface area contributed by atoms with E-state index < -0.39 is 0 Å². The van der Waals surface area contributed by atoms with Crippen LogP contribution in [0.4, 0.5) is 11.4 Å². The number of benzene rings is 1. The highest BCUT2D eigenvalue weighted by atomic mass is 16.5. The van der Waals surface area contributed by atoms with Crippen LogP contribution in [-0.2, 0) is 9.53 Å². The Balaban J connectivity index is 0.000000185.